The van der Waals surface area contributed by atoms with Gasteiger partial charge in [-0.1, -0.05) is 310 Å². The molecule has 0 rings (SSSR count). The largest absolute Gasteiger partial charge is 0.462 e. The Hall–Kier alpha value is -1.59. The van der Waals surface area contributed by atoms with E-state index in [-0.39, 0.29) is 31.1 Å². The Morgan fingerprint density at radius 3 is 0.776 bits per heavy atom. The molecule has 398 valence electrons. The number of hydrogen-bond donors (Lipinski definition) is 0. The van der Waals surface area contributed by atoms with Gasteiger partial charge in [0.15, 0.2) is 6.10 Å². The molecule has 0 aromatic carbocycles. The van der Waals surface area contributed by atoms with Gasteiger partial charge < -0.3 is 14.2 Å². The van der Waals surface area contributed by atoms with Crippen LogP contribution in [0.3, 0.4) is 0 Å². The molecule has 0 spiro atoms. The van der Waals surface area contributed by atoms with Crippen LogP contribution >= 0.6 is 0 Å². The van der Waals surface area contributed by atoms with Crippen LogP contribution in [0.1, 0.15) is 349 Å². The molecule has 67 heavy (non-hydrogen) atoms. The van der Waals surface area contributed by atoms with Crippen molar-refractivity contribution in [3.63, 3.8) is 0 Å². The molecule has 0 fully saturated rings. The highest BCUT2D eigenvalue weighted by atomic mass is 16.6. The van der Waals surface area contributed by atoms with Gasteiger partial charge in [0.2, 0.25) is 0 Å². The predicted octanol–water partition coefficient (Wildman–Crippen LogP) is 20.2. The molecule has 0 amide bonds. The van der Waals surface area contributed by atoms with Crippen molar-refractivity contribution in [1.29, 1.82) is 0 Å². The first-order chi connectivity index (χ1) is 32.9. The molecular weight excluding hydrogens is 829 g/mol. The second-order valence-corrected chi connectivity index (χ2v) is 21.2. The normalized spacial score (nSPS) is 12.4. The summed E-state index contributed by atoms with van der Waals surface area (Å²) in [7, 11) is 0. The van der Waals surface area contributed by atoms with Gasteiger partial charge in [-0.25, -0.2) is 0 Å². The number of carbonyl (C=O) groups is 3. The van der Waals surface area contributed by atoms with Gasteiger partial charge in [-0.05, 0) is 25.2 Å². The molecule has 6 heteroatoms. The van der Waals surface area contributed by atoms with Crippen LogP contribution in [0.2, 0.25) is 0 Å². The summed E-state index contributed by atoms with van der Waals surface area (Å²) in [4.78, 5) is 38.2. The van der Waals surface area contributed by atoms with Crippen LogP contribution < -0.4 is 0 Å². The number of esters is 3. The summed E-state index contributed by atoms with van der Waals surface area (Å²) in [5.74, 6) is 0.0647. The average Bonchev–Trinajstić information content (AvgIpc) is 3.33. The smallest absolute Gasteiger partial charge is 0.306 e. The van der Waals surface area contributed by atoms with Gasteiger partial charge in [0.1, 0.15) is 13.2 Å². The number of unbranched alkanes of at least 4 members (excludes halogenated alkanes) is 42. The van der Waals surface area contributed by atoms with Crippen LogP contribution in [0.15, 0.2) is 0 Å². The van der Waals surface area contributed by atoms with Gasteiger partial charge in [0.05, 0.1) is 0 Å². The summed E-state index contributed by atoms with van der Waals surface area (Å²) >= 11 is 0. The van der Waals surface area contributed by atoms with Gasteiger partial charge in [0, 0.05) is 19.3 Å². The number of rotatable bonds is 56. The van der Waals surface area contributed by atoms with Gasteiger partial charge in [-0.2, -0.15) is 0 Å². The van der Waals surface area contributed by atoms with E-state index in [1.54, 1.807) is 0 Å². The van der Waals surface area contributed by atoms with Crippen LogP contribution in [-0.4, -0.2) is 37.2 Å². The molecule has 0 heterocycles. The van der Waals surface area contributed by atoms with Crippen molar-refractivity contribution < 1.29 is 28.6 Å². The standard InChI is InChI=1S/C61H118O6/c1-5-8-10-12-14-16-18-20-22-23-24-29-32-36-40-44-48-52-59(62)65-55-58(67-61(64)54-50-46-42-38-34-28-21-19-17-15-13-11-9-6-2)56-66-60(63)53-49-45-41-37-33-30-26-25-27-31-35-39-43-47-51-57(4)7-3/h57-58H,5-56H2,1-4H3/t57?,58-/m0/s1. The molecule has 0 aromatic rings. The zero-order valence-electron chi connectivity index (χ0n) is 45.9. The first-order valence-electron chi connectivity index (χ1n) is 30.4. The fourth-order valence-corrected chi connectivity index (χ4v) is 9.42. The van der Waals surface area contributed by atoms with Gasteiger partial charge >= 0.3 is 17.9 Å². The SMILES string of the molecule is CCCCCCCCCCCCCCCCCCCC(=O)OC[C@@H](COC(=O)CCCCCCCCCCCCCCCCC(C)CC)OC(=O)CCCCCCCCCCCCCCCC. The maximum Gasteiger partial charge on any atom is 0.306 e. The molecule has 0 N–H and O–H groups in total. The second kappa shape index (κ2) is 55.3. The second-order valence-electron chi connectivity index (χ2n) is 21.2. The van der Waals surface area contributed by atoms with Crippen LogP contribution in [0.25, 0.3) is 0 Å². The lowest BCUT2D eigenvalue weighted by Crippen LogP contribution is -2.30. The average molecular weight is 948 g/mol. The third-order valence-electron chi connectivity index (χ3n) is 14.4. The molecule has 0 radical (unpaired) electrons. The zero-order valence-corrected chi connectivity index (χ0v) is 45.9. The third-order valence-corrected chi connectivity index (χ3v) is 14.4. The van der Waals surface area contributed by atoms with Gasteiger partial charge in [-0.3, -0.25) is 14.4 Å². The maximum absolute atomic E-state index is 12.9. The lowest BCUT2D eigenvalue weighted by molar-refractivity contribution is -0.167. The zero-order chi connectivity index (χ0) is 48.8. The minimum Gasteiger partial charge on any atom is -0.462 e. The first-order valence-corrected chi connectivity index (χ1v) is 30.4. The highest BCUT2D eigenvalue weighted by molar-refractivity contribution is 5.71. The Balaban J connectivity index is 4.28. The molecule has 0 aromatic heterocycles. The summed E-state index contributed by atoms with van der Waals surface area (Å²) in [6.07, 6.45) is 60.9. The molecule has 6 nitrogen and oxygen atoms in total. The summed E-state index contributed by atoms with van der Waals surface area (Å²) in [5, 5.41) is 0. The minimum atomic E-state index is -0.762. The Morgan fingerprint density at radius 1 is 0.299 bits per heavy atom. The quantitative estimate of drug-likeness (QED) is 0.0343. The molecule has 2 atom stereocenters. The van der Waals surface area contributed by atoms with Crippen molar-refractivity contribution in [2.24, 2.45) is 5.92 Å². The Bertz CT molecular complexity index is 1010. The minimum absolute atomic E-state index is 0.0614. The van der Waals surface area contributed by atoms with E-state index in [9.17, 15) is 14.4 Å². The molecule has 1 unspecified atom stereocenters. The van der Waals surface area contributed by atoms with Crippen LogP contribution in [-0.2, 0) is 28.6 Å². The summed E-state index contributed by atoms with van der Waals surface area (Å²) in [5.41, 5.74) is 0. The van der Waals surface area contributed by atoms with E-state index in [0.717, 1.165) is 63.7 Å². The fourth-order valence-electron chi connectivity index (χ4n) is 9.42. The molecule has 0 aliphatic rings. The summed E-state index contributed by atoms with van der Waals surface area (Å²) in [6, 6.07) is 0. The van der Waals surface area contributed by atoms with E-state index in [2.05, 4.69) is 27.7 Å². The van der Waals surface area contributed by atoms with Crippen molar-refractivity contribution >= 4 is 17.9 Å². The van der Waals surface area contributed by atoms with Crippen LogP contribution in [0.5, 0.6) is 0 Å². The van der Waals surface area contributed by atoms with Crippen molar-refractivity contribution in [1.82, 2.24) is 0 Å². The Morgan fingerprint density at radius 2 is 0.522 bits per heavy atom. The molecule has 0 saturated heterocycles. The first kappa shape index (κ1) is 65.4. The Labute approximate surface area is 418 Å². The molecular formula is C61H118O6. The summed E-state index contributed by atoms with van der Waals surface area (Å²) in [6.45, 7) is 9.11. The predicted molar refractivity (Wildman–Crippen MR) is 289 cm³/mol. The van der Waals surface area contributed by atoms with Gasteiger partial charge in [0.25, 0.3) is 0 Å². The number of hydrogen-bond acceptors (Lipinski definition) is 6. The van der Waals surface area contributed by atoms with Crippen molar-refractivity contribution in [3.05, 3.63) is 0 Å². The summed E-state index contributed by atoms with van der Waals surface area (Å²) < 4.78 is 16.9. The van der Waals surface area contributed by atoms with E-state index < -0.39 is 6.10 Å². The van der Waals surface area contributed by atoms with Crippen LogP contribution in [0.4, 0.5) is 0 Å². The molecule has 0 aliphatic carbocycles. The van der Waals surface area contributed by atoms with Crippen molar-refractivity contribution in [2.45, 2.75) is 355 Å². The van der Waals surface area contributed by atoms with E-state index in [1.807, 2.05) is 0 Å². The Kier molecular flexibility index (Phi) is 54.0. The van der Waals surface area contributed by atoms with E-state index in [4.69, 9.17) is 14.2 Å². The third kappa shape index (κ3) is 53.6. The molecule has 0 aliphatic heterocycles. The van der Waals surface area contributed by atoms with Crippen molar-refractivity contribution in [2.75, 3.05) is 13.2 Å². The maximum atomic E-state index is 12.9. The van der Waals surface area contributed by atoms with Crippen molar-refractivity contribution in [3.8, 4) is 0 Å². The van der Waals surface area contributed by atoms with E-state index in [1.165, 1.54) is 244 Å². The number of ether oxygens (including phenoxy) is 3. The van der Waals surface area contributed by atoms with E-state index in [0.29, 0.717) is 19.3 Å². The highest BCUT2D eigenvalue weighted by Gasteiger charge is 2.19. The topological polar surface area (TPSA) is 78.9 Å². The lowest BCUT2D eigenvalue weighted by atomic mass is 9.99. The molecule has 0 bridgehead atoms. The van der Waals surface area contributed by atoms with Crippen LogP contribution in [0, 0.1) is 5.92 Å². The fraction of sp³-hybridized carbons (Fsp3) is 0.951. The monoisotopic (exact) mass is 947 g/mol. The molecule has 0 saturated carbocycles. The lowest BCUT2D eigenvalue weighted by Gasteiger charge is -2.18. The highest BCUT2D eigenvalue weighted by Crippen LogP contribution is 2.19. The van der Waals surface area contributed by atoms with Gasteiger partial charge in [-0.15, -0.1) is 0 Å². The van der Waals surface area contributed by atoms with E-state index >= 15 is 0 Å². The number of carbonyl (C=O) groups excluding carboxylic acids is 3.